The molecule has 9 nitrogen and oxygen atoms in total. The van der Waals surface area contributed by atoms with Gasteiger partial charge < -0.3 is 9.47 Å². The molecular weight excluding hydrogens is 493 g/mol. The van der Waals surface area contributed by atoms with Gasteiger partial charge in [0.1, 0.15) is 12.1 Å². The number of aryl methyl sites for hydroxylation is 1. The molecule has 0 aliphatic carbocycles. The molecular formula is C26H25ClFN9. The maximum atomic E-state index is 15.1. The van der Waals surface area contributed by atoms with Crippen molar-refractivity contribution in [3.8, 4) is 5.69 Å². The fourth-order valence-electron chi connectivity index (χ4n) is 4.91. The van der Waals surface area contributed by atoms with Crippen LogP contribution in [0.1, 0.15) is 42.5 Å². The minimum atomic E-state index is -0.360. The van der Waals surface area contributed by atoms with E-state index >= 15 is 4.39 Å². The predicted molar refractivity (Wildman–Crippen MR) is 139 cm³/mol. The molecule has 0 radical (unpaired) electrons. The Labute approximate surface area is 217 Å². The summed E-state index contributed by atoms with van der Waals surface area (Å²) in [5, 5.41) is 12.4. The number of halogens is 2. The number of nitrogens with zero attached hydrogens (tertiary/aromatic N) is 9. The van der Waals surface area contributed by atoms with Crippen LogP contribution in [0.4, 0.5) is 10.3 Å². The number of hydrogen-bond donors (Lipinski definition) is 0. The summed E-state index contributed by atoms with van der Waals surface area (Å²) in [6, 6.07) is 7.14. The van der Waals surface area contributed by atoms with Gasteiger partial charge in [-0.05, 0) is 64.9 Å². The second-order valence-corrected chi connectivity index (χ2v) is 9.67. The molecule has 5 aromatic rings. The van der Waals surface area contributed by atoms with E-state index in [-0.39, 0.29) is 5.82 Å². The van der Waals surface area contributed by atoms with Crippen LogP contribution in [0.15, 0.2) is 55.4 Å². The van der Waals surface area contributed by atoms with Gasteiger partial charge in [0, 0.05) is 49.3 Å². The molecule has 0 unspecified atom stereocenters. The lowest BCUT2D eigenvalue weighted by atomic mass is 9.90. The van der Waals surface area contributed by atoms with Gasteiger partial charge in [-0.3, -0.25) is 4.98 Å². The molecule has 4 aromatic heterocycles. The van der Waals surface area contributed by atoms with Gasteiger partial charge in [0.15, 0.2) is 0 Å². The van der Waals surface area contributed by atoms with Crippen LogP contribution in [0, 0.1) is 5.82 Å². The highest BCUT2D eigenvalue weighted by Gasteiger charge is 2.23. The topological polar surface area (TPSA) is 90.4 Å². The van der Waals surface area contributed by atoms with E-state index in [1.165, 1.54) is 17.1 Å². The van der Waals surface area contributed by atoms with Gasteiger partial charge in [-0.15, -0.1) is 5.10 Å². The highest BCUT2D eigenvalue weighted by atomic mass is 35.5. The van der Waals surface area contributed by atoms with Crippen molar-refractivity contribution in [3.63, 3.8) is 0 Å². The number of piperidine rings is 1. The fraction of sp³-hybridized carbons (Fsp3) is 0.308. The van der Waals surface area contributed by atoms with Gasteiger partial charge in [0.2, 0.25) is 5.95 Å². The van der Waals surface area contributed by atoms with E-state index in [0.717, 1.165) is 54.8 Å². The zero-order valence-corrected chi connectivity index (χ0v) is 21.1. The van der Waals surface area contributed by atoms with Crippen molar-refractivity contribution in [3.05, 3.63) is 83.0 Å². The Morgan fingerprint density at radius 1 is 1.05 bits per heavy atom. The maximum Gasteiger partial charge on any atom is 0.225 e. The Morgan fingerprint density at radius 2 is 1.86 bits per heavy atom. The molecule has 0 spiro atoms. The first-order valence-corrected chi connectivity index (χ1v) is 12.7. The Balaban J connectivity index is 1.16. The van der Waals surface area contributed by atoms with Gasteiger partial charge in [-0.2, -0.15) is 0 Å². The largest absolute Gasteiger partial charge is 0.341 e. The molecule has 5 heterocycles. The molecule has 1 aromatic carbocycles. The predicted octanol–water partition coefficient (Wildman–Crippen LogP) is 4.59. The second-order valence-electron chi connectivity index (χ2n) is 9.27. The fourth-order valence-corrected chi connectivity index (χ4v) is 5.15. The quantitative estimate of drug-likeness (QED) is 0.325. The summed E-state index contributed by atoms with van der Waals surface area (Å²) < 4.78 is 18.3. The molecule has 37 heavy (non-hydrogen) atoms. The van der Waals surface area contributed by atoms with E-state index in [4.69, 9.17) is 11.6 Å². The van der Waals surface area contributed by atoms with E-state index in [2.05, 4.69) is 42.3 Å². The normalized spacial score (nSPS) is 14.5. The third kappa shape index (κ3) is 4.64. The molecule has 1 aliphatic heterocycles. The second kappa shape index (κ2) is 9.85. The van der Waals surface area contributed by atoms with Crippen molar-refractivity contribution in [2.75, 3.05) is 18.0 Å². The van der Waals surface area contributed by atoms with Gasteiger partial charge in [-0.1, -0.05) is 18.5 Å². The van der Waals surface area contributed by atoms with Gasteiger partial charge in [-0.25, -0.2) is 19.0 Å². The minimum absolute atomic E-state index is 0.360. The lowest BCUT2D eigenvalue weighted by molar-refractivity contribution is 0.498. The van der Waals surface area contributed by atoms with Crippen LogP contribution in [-0.2, 0) is 13.0 Å². The average molecular weight is 518 g/mol. The zero-order chi connectivity index (χ0) is 25.4. The van der Waals surface area contributed by atoms with Crippen molar-refractivity contribution in [2.45, 2.75) is 38.6 Å². The van der Waals surface area contributed by atoms with Gasteiger partial charge >= 0.3 is 0 Å². The summed E-state index contributed by atoms with van der Waals surface area (Å²) in [4.78, 5) is 15.9. The summed E-state index contributed by atoms with van der Waals surface area (Å²) in [5.41, 5.74) is 4.02. The van der Waals surface area contributed by atoms with Crippen molar-refractivity contribution in [1.29, 1.82) is 0 Å². The van der Waals surface area contributed by atoms with Crippen LogP contribution < -0.4 is 4.90 Å². The molecule has 0 amide bonds. The van der Waals surface area contributed by atoms with Crippen LogP contribution in [0.3, 0.4) is 0 Å². The molecule has 1 saturated heterocycles. The minimum Gasteiger partial charge on any atom is -0.341 e. The Hall–Kier alpha value is -3.92. The smallest absolute Gasteiger partial charge is 0.225 e. The highest BCUT2D eigenvalue weighted by Crippen LogP contribution is 2.32. The Bertz CT molecular complexity index is 1520. The van der Waals surface area contributed by atoms with E-state index in [0.29, 0.717) is 34.4 Å². The van der Waals surface area contributed by atoms with Crippen molar-refractivity contribution in [1.82, 2.24) is 39.7 Å². The molecule has 11 heteroatoms. The molecule has 188 valence electrons. The van der Waals surface area contributed by atoms with Crippen LogP contribution in [0.25, 0.3) is 16.6 Å². The first-order chi connectivity index (χ1) is 18.1. The Morgan fingerprint density at radius 3 is 2.57 bits per heavy atom. The van der Waals surface area contributed by atoms with Crippen LogP contribution in [0.5, 0.6) is 0 Å². The molecule has 0 N–H and O–H groups in total. The molecule has 1 fully saturated rings. The monoisotopic (exact) mass is 517 g/mol. The van der Waals surface area contributed by atoms with Crippen molar-refractivity contribution in [2.24, 2.45) is 0 Å². The molecule has 0 bridgehead atoms. The van der Waals surface area contributed by atoms with Crippen molar-refractivity contribution < 1.29 is 4.39 Å². The zero-order valence-electron chi connectivity index (χ0n) is 20.3. The number of hydrogen-bond acceptors (Lipinski definition) is 7. The van der Waals surface area contributed by atoms with Crippen LogP contribution in [0.2, 0.25) is 5.02 Å². The Kier molecular flexibility index (Phi) is 6.25. The van der Waals surface area contributed by atoms with E-state index in [1.807, 2.05) is 47.6 Å². The third-order valence-corrected chi connectivity index (χ3v) is 7.35. The number of pyridine rings is 1. The number of fused-ring (bicyclic) bond motifs is 1. The van der Waals surface area contributed by atoms with Crippen LogP contribution in [-0.4, -0.2) is 52.8 Å². The van der Waals surface area contributed by atoms with E-state index < -0.39 is 0 Å². The molecule has 6 rings (SSSR count). The lowest BCUT2D eigenvalue weighted by Gasteiger charge is -2.32. The average Bonchev–Trinajstić information content (AvgIpc) is 3.61. The van der Waals surface area contributed by atoms with Gasteiger partial charge in [0.05, 0.1) is 28.5 Å². The number of aromatic nitrogens is 8. The number of benzene rings is 1. The van der Waals surface area contributed by atoms with E-state index in [9.17, 15) is 0 Å². The van der Waals surface area contributed by atoms with Crippen LogP contribution >= 0.6 is 11.6 Å². The summed E-state index contributed by atoms with van der Waals surface area (Å²) >= 11 is 6.68. The van der Waals surface area contributed by atoms with E-state index in [1.54, 1.807) is 0 Å². The summed E-state index contributed by atoms with van der Waals surface area (Å²) in [6.07, 6.45) is 11.9. The number of tetrazole rings is 1. The number of rotatable bonds is 6. The van der Waals surface area contributed by atoms with Crippen molar-refractivity contribution >= 4 is 28.5 Å². The summed E-state index contributed by atoms with van der Waals surface area (Å²) in [5.74, 6) is 0.805. The SMILES string of the molecule is CCc1cnc(N2CCC(c3cnc(Cn4ccc5cc(-n6cnnn6)cc(F)c54)c(Cl)c3)CC2)nc1. The number of anilines is 1. The highest BCUT2D eigenvalue weighted by molar-refractivity contribution is 6.31. The third-order valence-electron chi connectivity index (χ3n) is 7.02. The first-order valence-electron chi connectivity index (χ1n) is 12.3. The first kappa shape index (κ1) is 23.5. The molecule has 0 saturated carbocycles. The molecule has 1 aliphatic rings. The summed E-state index contributed by atoms with van der Waals surface area (Å²) in [6.45, 7) is 4.24. The standard InChI is InChI=1S/C26H25ClFN9/c1-2-17-12-30-26(31-13-17)35-6-3-18(4-7-35)20-10-22(27)24(29-14-20)15-36-8-5-19-9-21(11-23(28)25(19)36)37-16-32-33-34-37/h5,8-14,16,18H,2-4,6-7,15H2,1H3. The molecule has 0 atom stereocenters. The lowest BCUT2D eigenvalue weighted by Crippen LogP contribution is -2.34. The summed E-state index contributed by atoms with van der Waals surface area (Å²) in [7, 11) is 0. The maximum absolute atomic E-state index is 15.1. The van der Waals surface area contributed by atoms with Gasteiger partial charge in [0.25, 0.3) is 0 Å².